The molecule has 4 rings (SSSR count). The number of likely N-dealkylation sites (tertiary alicyclic amines) is 1. The molecule has 1 aromatic heterocycles. The van der Waals surface area contributed by atoms with E-state index in [1.165, 1.54) is 0 Å². The van der Waals surface area contributed by atoms with Crippen LogP contribution in [0.4, 0.5) is 0 Å². The molecule has 3 atom stereocenters. The van der Waals surface area contributed by atoms with Crippen LogP contribution in [0.25, 0.3) is 0 Å². The number of aliphatic hydroxyl groups is 1. The second-order valence-corrected chi connectivity index (χ2v) is 7.10. The van der Waals surface area contributed by atoms with Crippen LogP contribution in [-0.4, -0.2) is 33.5 Å². The van der Waals surface area contributed by atoms with Gasteiger partial charge in [-0.25, -0.2) is 0 Å². The molecule has 0 radical (unpaired) electrons. The van der Waals surface area contributed by atoms with Gasteiger partial charge in [-0.1, -0.05) is 43.2 Å². The second-order valence-electron chi connectivity index (χ2n) is 7.10. The van der Waals surface area contributed by atoms with E-state index in [2.05, 4.69) is 4.98 Å². The summed E-state index contributed by atoms with van der Waals surface area (Å²) in [5.74, 6) is 0.202. The van der Waals surface area contributed by atoms with Crippen LogP contribution in [0, 0.1) is 5.92 Å². The van der Waals surface area contributed by atoms with E-state index in [1.54, 1.807) is 12.4 Å². The van der Waals surface area contributed by atoms with Crippen LogP contribution < -0.4 is 0 Å². The van der Waals surface area contributed by atoms with Crippen LogP contribution in [0.3, 0.4) is 0 Å². The molecule has 126 valence electrons. The van der Waals surface area contributed by atoms with Gasteiger partial charge in [-0.05, 0) is 30.9 Å². The van der Waals surface area contributed by atoms with Crippen LogP contribution in [0.15, 0.2) is 48.8 Å². The Morgan fingerprint density at radius 2 is 1.96 bits per heavy atom. The highest BCUT2D eigenvalue weighted by Crippen LogP contribution is 2.47. The Hall–Kier alpha value is -2.07. The number of benzene rings is 1. The zero-order valence-corrected chi connectivity index (χ0v) is 13.8. The SMILES string of the molecule is O=C(c1cc[nH]c1)N1CC[C@](O)(c2ccccc2)[C@@H]2CCCC[C@H]21. The highest BCUT2D eigenvalue weighted by atomic mass is 16.3. The maximum absolute atomic E-state index is 12.9. The van der Waals surface area contributed by atoms with Gasteiger partial charge in [0.2, 0.25) is 0 Å². The lowest BCUT2D eigenvalue weighted by molar-refractivity contribution is -0.110. The summed E-state index contributed by atoms with van der Waals surface area (Å²) in [6.45, 7) is 0.608. The molecule has 1 amide bonds. The molecule has 1 saturated carbocycles. The summed E-state index contributed by atoms with van der Waals surface area (Å²) in [6.07, 6.45) is 8.37. The van der Waals surface area contributed by atoms with Crippen LogP contribution in [0.5, 0.6) is 0 Å². The lowest BCUT2D eigenvalue weighted by Gasteiger charge is -2.52. The van der Waals surface area contributed by atoms with Gasteiger partial charge in [0.15, 0.2) is 0 Å². The first-order valence-electron chi connectivity index (χ1n) is 8.92. The van der Waals surface area contributed by atoms with Crippen LogP contribution in [0.2, 0.25) is 0 Å². The zero-order valence-electron chi connectivity index (χ0n) is 13.8. The molecular weight excluding hydrogens is 300 g/mol. The lowest BCUT2D eigenvalue weighted by atomic mass is 9.66. The van der Waals surface area contributed by atoms with E-state index in [4.69, 9.17) is 0 Å². The molecule has 4 nitrogen and oxygen atoms in total. The molecule has 1 aliphatic heterocycles. The number of H-pyrrole nitrogens is 1. The molecule has 0 bridgehead atoms. The average molecular weight is 324 g/mol. The fraction of sp³-hybridized carbons (Fsp3) is 0.450. The minimum absolute atomic E-state index is 0.0864. The summed E-state index contributed by atoms with van der Waals surface area (Å²) < 4.78 is 0. The van der Waals surface area contributed by atoms with Crippen molar-refractivity contribution in [2.24, 2.45) is 5.92 Å². The molecule has 2 heterocycles. The van der Waals surface area contributed by atoms with Crippen molar-refractivity contribution in [3.63, 3.8) is 0 Å². The van der Waals surface area contributed by atoms with Crippen molar-refractivity contribution >= 4 is 5.91 Å². The van der Waals surface area contributed by atoms with Gasteiger partial charge < -0.3 is 15.0 Å². The molecule has 0 unspecified atom stereocenters. The third kappa shape index (κ3) is 2.46. The van der Waals surface area contributed by atoms with Gasteiger partial charge in [0.05, 0.1) is 11.2 Å². The Labute approximate surface area is 142 Å². The highest BCUT2D eigenvalue weighted by Gasteiger charge is 2.50. The largest absolute Gasteiger partial charge is 0.385 e. The summed E-state index contributed by atoms with van der Waals surface area (Å²) in [7, 11) is 0. The average Bonchev–Trinajstić information content (AvgIpc) is 3.17. The third-order valence-corrected chi connectivity index (χ3v) is 5.86. The monoisotopic (exact) mass is 324 g/mol. The molecular formula is C20H24N2O2. The van der Waals surface area contributed by atoms with Gasteiger partial charge >= 0.3 is 0 Å². The second kappa shape index (κ2) is 6.10. The molecule has 2 N–H and O–H groups in total. The number of amides is 1. The quantitative estimate of drug-likeness (QED) is 0.890. The highest BCUT2D eigenvalue weighted by molar-refractivity contribution is 5.94. The summed E-state index contributed by atoms with van der Waals surface area (Å²) in [4.78, 5) is 17.9. The number of aromatic amines is 1. The number of hydrogen-bond acceptors (Lipinski definition) is 2. The van der Waals surface area contributed by atoms with E-state index in [0.717, 1.165) is 31.2 Å². The topological polar surface area (TPSA) is 56.3 Å². The van der Waals surface area contributed by atoms with Crippen molar-refractivity contribution in [2.45, 2.75) is 43.7 Å². The molecule has 4 heteroatoms. The van der Waals surface area contributed by atoms with Gasteiger partial charge in [-0.2, -0.15) is 0 Å². The molecule has 0 spiro atoms. The van der Waals surface area contributed by atoms with Crippen molar-refractivity contribution < 1.29 is 9.90 Å². The van der Waals surface area contributed by atoms with E-state index < -0.39 is 5.60 Å². The van der Waals surface area contributed by atoms with E-state index in [9.17, 15) is 9.90 Å². The first kappa shape index (κ1) is 15.5. The Bertz CT molecular complexity index is 698. The van der Waals surface area contributed by atoms with Gasteiger partial charge in [0, 0.05) is 30.9 Å². The van der Waals surface area contributed by atoms with E-state index in [-0.39, 0.29) is 17.9 Å². The van der Waals surface area contributed by atoms with Crippen molar-refractivity contribution in [3.8, 4) is 0 Å². The van der Waals surface area contributed by atoms with E-state index >= 15 is 0 Å². The number of rotatable bonds is 2. The number of aromatic nitrogens is 1. The molecule has 2 aromatic rings. The third-order valence-electron chi connectivity index (χ3n) is 5.86. The van der Waals surface area contributed by atoms with Gasteiger partial charge in [-0.3, -0.25) is 4.79 Å². The first-order valence-corrected chi connectivity index (χ1v) is 8.92. The van der Waals surface area contributed by atoms with Gasteiger partial charge in [-0.15, -0.1) is 0 Å². The van der Waals surface area contributed by atoms with Crippen molar-refractivity contribution in [1.82, 2.24) is 9.88 Å². The minimum atomic E-state index is -0.818. The Morgan fingerprint density at radius 3 is 2.71 bits per heavy atom. The van der Waals surface area contributed by atoms with Gasteiger partial charge in [0.25, 0.3) is 5.91 Å². The Morgan fingerprint density at radius 1 is 1.17 bits per heavy atom. The Balaban J connectivity index is 1.66. The number of nitrogens with one attached hydrogen (secondary N) is 1. The number of nitrogens with zero attached hydrogens (tertiary/aromatic N) is 1. The maximum Gasteiger partial charge on any atom is 0.255 e. The van der Waals surface area contributed by atoms with E-state index in [0.29, 0.717) is 18.5 Å². The number of carbonyl (C=O) groups excluding carboxylic acids is 1. The van der Waals surface area contributed by atoms with Gasteiger partial charge in [0.1, 0.15) is 0 Å². The molecule has 2 fully saturated rings. The number of hydrogen-bond donors (Lipinski definition) is 2. The fourth-order valence-electron chi connectivity index (χ4n) is 4.64. The molecule has 24 heavy (non-hydrogen) atoms. The molecule has 1 aromatic carbocycles. The number of carbonyl (C=O) groups is 1. The van der Waals surface area contributed by atoms with E-state index in [1.807, 2.05) is 41.3 Å². The van der Waals surface area contributed by atoms with Crippen molar-refractivity contribution in [2.75, 3.05) is 6.54 Å². The minimum Gasteiger partial charge on any atom is -0.385 e. The maximum atomic E-state index is 12.9. The number of piperidine rings is 1. The van der Waals surface area contributed by atoms with Crippen molar-refractivity contribution in [3.05, 3.63) is 59.9 Å². The van der Waals surface area contributed by atoms with Crippen molar-refractivity contribution in [1.29, 1.82) is 0 Å². The standard InChI is InChI=1S/C20H24N2O2/c23-19(15-10-12-21-14-15)22-13-11-20(24,16-6-2-1-3-7-16)17-8-4-5-9-18(17)22/h1-3,6-7,10,12,14,17-18,21,24H,4-5,8-9,11,13H2/t17-,18-,20+/m1/s1. The lowest BCUT2D eigenvalue weighted by Crippen LogP contribution is -2.58. The fourth-order valence-corrected chi connectivity index (χ4v) is 4.64. The van der Waals surface area contributed by atoms with Crippen LogP contribution >= 0.6 is 0 Å². The summed E-state index contributed by atoms with van der Waals surface area (Å²) >= 11 is 0. The van der Waals surface area contributed by atoms with Crippen LogP contribution in [0.1, 0.15) is 48.0 Å². The number of fused-ring (bicyclic) bond motifs is 1. The summed E-state index contributed by atoms with van der Waals surface area (Å²) in [5, 5.41) is 11.5. The first-order chi connectivity index (χ1) is 11.7. The predicted octanol–water partition coefficient (Wildman–Crippen LogP) is 3.31. The van der Waals surface area contributed by atoms with Crippen LogP contribution in [-0.2, 0) is 5.60 Å². The molecule has 2 aliphatic rings. The summed E-state index contributed by atoms with van der Waals surface area (Å²) in [5.41, 5.74) is 0.890. The Kier molecular flexibility index (Phi) is 3.93. The normalized spacial score (nSPS) is 30.0. The predicted molar refractivity (Wildman–Crippen MR) is 92.5 cm³/mol. The summed E-state index contributed by atoms with van der Waals surface area (Å²) in [6, 6.07) is 12.0. The zero-order chi connectivity index (χ0) is 16.6. The smallest absolute Gasteiger partial charge is 0.255 e. The molecule has 1 saturated heterocycles. The molecule has 1 aliphatic carbocycles.